The Kier molecular flexibility index (Phi) is 11.4. The molecule has 0 heterocycles. The third-order valence-electron chi connectivity index (χ3n) is 3.84. The van der Waals surface area contributed by atoms with Gasteiger partial charge in [-0.2, -0.15) is 0 Å². The molecule has 20 heavy (non-hydrogen) atoms. The number of unbranched alkanes of at least 4 members (excludes halogenated alkanes) is 4. The third-order valence-corrected chi connectivity index (χ3v) is 3.84. The van der Waals surface area contributed by atoms with Crippen LogP contribution in [-0.4, -0.2) is 17.7 Å². The monoisotopic (exact) mass is 283 g/mol. The van der Waals surface area contributed by atoms with Crippen LogP contribution in [0.25, 0.3) is 0 Å². The summed E-state index contributed by atoms with van der Waals surface area (Å²) in [4.78, 5) is 24.0. The van der Waals surface area contributed by atoms with Gasteiger partial charge in [0.25, 0.3) is 0 Å². The van der Waals surface area contributed by atoms with E-state index >= 15 is 0 Å². The molecule has 0 aromatic heterocycles. The van der Waals surface area contributed by atoms with Crippen LogP contribution in [0, 0.1) is 5.92 Å². The lowest BCUT2D eigenvalue weighted by Crippen LogP contribution is -2.43. The fourth-order valence-electron chi connectivity index (χ4n) is 2.30. The highest BCUT2D eigenvalue weighted by atomic mass is 16.2. The number of nitrogens with one attached hydrogen (secondary N) is 1. The van der Waals surface area contributed by atoms with Gasteiger partial charge in [-0.05, 0) is 12.8 Å². The third kappa shape index (κ3) is 8.34. The van der Waals surface area contributed by atoms with Gasteiger partial charge in [-0.1, -0.05) is 66.2 Å². The Balaban J connectivity index is 4.25. The molecule has 0 saturated heterocycles. The van der Waals surface area contributed by atoms with E-state index in [2.05, 4.69) is 19.2 Å². The van der Waals surface area contributed by atoms with Crippen LogP contribution in [0.3, 0.4) is 0 Å². The van der Waals surface area contributed by atoms with Gasteiger partial charge in [0, 0.05) is 12.3 Å². The first-order chi connectivity index (χ1) is 9.56. The van der Waals surface area contributed by atoms with E-state index in [0.29, 0.717) is 6.42 Å². The van der Waals surface area contributed by atoms with Crippen molar-refractivity contribution in [2.75, 3.05) is 0 Å². The molecule has 0 spiro atoms. The number of amides is 1. The molecule has 0 aliphatic heterocycles. The molecule has 2 unspecified atom stereocenters. The number of rotatable bonds is 12. The van der Waals surface area contributed by atoms with E-state index in [1.807, 2.05) is 13.8 Å². The summed E-state index contributed by atoms with van der Waals surface area (Å²) in [5, 5.41) is 2.96. The number of carbonyl (C=O) groups excluding carboxylic acids is 2. The normalized spacial score (nSPS) is 13.8. The zero-order valence-corrected chi connectivity index (χ0v) is 13.8. The summed E-state index contributed by atoms with van der Waals surface area (Å²) < 4.78 is 0. The molecular formula is C17H33NO2. The van der Waals surface area contributed by atoms with Gasteiger partial charge in [0.2, 0.25) is 5.91 Å². The molecule has 3 nitrogen and oxygen atoms in total. The van der Waals surface area contributed by atoms with Crippen molar-refractivity contribution in [3.8, 4) is 0 Å². The smallest absolute Gasteiger partial charge is 0.223 e. The zero-order valence-electron chi connectivity index (χ0n) is 13.8. The minimum absolute atomic E-state index is 0.0138. The largest absolute Gasteiger partial charge is 0.346 e. The number of hydrogen-bond donors (Lipinski definition) is 1. The van der Waals surface area contributed by atoms with Gasteiger partial charge in [-0.15, -0.1) is 0 Å². The van der Waals surface area contributed by atoms with Gasteiger partial charge in [-0.25, -0.2) is 0 Å². The maximum atomic E-state index is 12.1. The summed E-state index contributed by atoms with van der Waals surface area (Å²) in [7, 11) is 0. The molecule has 0 fully saturated rings. The fourth-order valence-corrected chi connectivity index (χ4v) is 2.30. The minimum atomic E-state index is -0.271. The second-order valence-electron chi connectivity index (χ2n) is 5.77. The van der Waals surface area contributed by atoms with Gasteiger partial charge < -0.3 is 5.32 Å². The maximum absolute atomic E-state index is 12.1. The standard InChI is InChI=1S/C17H33NO2/c1-5-8-10-12-14(4)17(20)18-15(16(19)7-3)13-11-9-6-2/h14-15H,5-13H2,1-4H3,(H,18,20). The van der Waals surface area contributed by atoms with Crippen LogP contribution in [0.1, 0.15) is 85.5 Å². The lowest BCUT2D eigenvalue weighted by molar-refractivity contribution is -0.130. The van der Waals surface area contributed by atoms with Crippen molar-refractivity contribution in [3.63, 3.8) is 0 Å². The van der Waals surface area contributed by atoms with Gasteiger partial charge >= 0.3 is 0 Å². The summed E-state index contributed by atoms with van der Waals surface area (Å²) in [6.45, 7) is 8.13. The molecule has 0 aliphatic carbocycles. The number of ketones is 1. The molecule has 118 valence electrons. The highest BCUT2D eigenvalue weighted by Crippen LogP contribution is 2.12. The first-order valence-corrected chi connectivity index (χ1v) is 8.39. The summed E-state index contributed by atoms with van der Waals surface area (Å²) >= 11 is 0. The highest BCUT2D eigenvalue weighted by Gasteiger charge is 2.21. The first kappa shape index (κ1) is 19.1. The molecule has 0 aromatic carbocycles. The van der Waals surface area contributed by atoms with Crippen molar-refractivity contribution in [2.24, 2.45) is 5.92 Å². The molecule has 1 N–H and O–H groups in total. The van der Waals surface area contributed by atoms with Crippen molar-refractivity contribution in [1.29, 1.82) is 0 Å². The average Bonchev–Trinajstić information content (AvgIpc) is 2.45. The van der Waals surface area contributed by atoms with E-state index in [1.165, 1.54) is 12.8 Å². The summed E-state index contributed by atoms with van der Waals surface area (Å²) in [5.41, 5.74) is 0. The highest BCUT2D eigenvalue weighted by molar-refractivity contribution is 5.89. The summed E-state index contributed by atoms with van der Waals surface area (Å²) in [5.74, 6) is 0.222. The molecule has 1 amide bonds. The van der Waals surface area contributed by atoms with Crippen molar-refractivity contribution in [2.45, 2.75) is 91.5 Å². The Labute approximate surface area is 124 Å². The van der Waals surface area contributed by atoms with E-state index in [1.54, 1.807) is 0 Å². The van der Waals surface area contributed by atoms with Crippen molar-refractivity contribution >= 4 is 11.7 Å². The molecule has 0 radical (unpaired) electrons. The van der Waals surface area contributed by atoms with E-state index in [4.69, 9.17) is 0 Å². The fraction of sp³-hybridized carbons (Fsp3) is 0.882. The zero-order chi connectivity index (χ0) is 15.4. The quantitative estimate of drug-likeness (QED) is 0.544. The molecule has 2 atom stereocenters. The second-order valence-corrected chi connectivity index (χ2v) is 5.77. The molecule has 0 saturated carbocycles. The lowest BCUT2D eigenvalue weighted by atomic mass is 9.99. The van der Waals surface area contributed by atoms with Crippen LogP contribution in [-0.2, 0) is 9.59 Å². The second kappa shape index (κ2) is 11.9. The number of carbonyl (C=O) groups is 2. The molecule has 0 bridgehead atoms. The number of Topliss-reactive ketones (excluding diaryl/α,β-unsaturated/α-hetero) is 1. The van der Waals surface area contributed by atoms with Crippen LogP contribution in [0.4, 0.5) is 0 Å². The SMILES string of the molecule is CCCCCC(C)C(=O)NC(CCCCC)C(=O)CC. The average molecular weight is 283 g/mol. The van der Waals surface area contributed by atoms with Gasteiger partial charge in [0.05, 0.1) is 6.04 Å². The molecule has 0 aromatic rings. The Hall–Kier alpha value is -0.860. The topological polar surface area (TPSA) is 46.2 Å². The molecule has 0 rings (SSSR count). The Bertz CT molecular complexity index is 276. The van der Waals surface area contributed by atoms with Crippen molar-refractivity contribution < 1.29 is 9.59 Å². The van der Waals surface area contributed by atoms with E-state index in [0.717, 1.165) is 38.5 Å². The van der Waals surface area contributed by atoms with Gasteiger partial charge in [0.15, 0.2) is 5.78 Å². The predicted octanol–water partition coefficient (Wildman–Crippen LogP) is 4.25. The molecule has 0 aliphatic rings. The first-order valence-electron chi connectivity index (χ1n) is 8.39. The van der Waals surface area contributed by atoms with E-state index in [-0.39, 0.29) is 23.7 Å². The summed E-state index contributed by atoms with van der Waals surface area (Å²) in [6, 6.07) is -0.271. The van der Waals surface area contributed by atoms with Crippen LogP contribution >= 0.6 is 0 Å². The minimum Gasteiger partial charge on any atom is -0.346 e. The van der Waals surface area contributed by atoms with Crippen molar-refractivity contribution in [1.82, 2.24) is 5.32 Å². The van der Waals surface area contributed by atoms with Crippen molar-refractivity contribution in [3.05, 3.63) is 0 Å². The Morgan fingerprint density at radius 1 is 0.900 bits per heavy atom. The lowest BCUT2D eigenvalue weighted by Gasteiger charge is -2.20. The van der Waals surface area contributed by atoms with Gasteiger partial charge in [0.1, 0.15) is 0 Å². The van der Waals surface area contributed by atoms with Crippen LogP contribution in [0.5, 0.6) is 0 Å². The Morgan fingerprint density at radius 2 is 1.45 bits per heavy atom. The van der Waals surface area contributed by atoms with Crippen LogP contribution in [0.15, 0.2) is 0 Å². The van der Waals surface area contributed by atoms with E-state index < -0.39 is 0 Å². The maximum Gasteiger partial charge on any atom is 0.223 e. The molecular weight excluding hydrogens is 250 g/mol. The predicted molar refractivity (Wildman–Crippen MR) is 84.7 cm³/mol. The van der Waals surface area contributed by atoms with Crippen LogP contribution in [0.2, 0.25) is 0 Å². The molecule has 3 heteroatoms. The van der Waals surface area contributed by atoms with Crippen LogP contribution < -0.4 is 5.32 Å². The summed E-state index contributed by atoms with van der Waals surface area (Å²) in [6.07, 6.45) is 8.90. The van der Waals surface area contributed by atoms with Gasteiger partial charge in [-0.3, -0.25) is 9.59 Å². The Morgan fingerprint density at radius 3 is 1.95 bits per heavy atom. The van der Waals surface area contributed by atoms with E-state index in [9.17, 15) is 9.59 Å². The number of hydrogen-bond acceptors (Lipinski definition) is 2.